The fourth-order valence-electron chi connectivity index (χ4n) is 11.2. The van der Waals surface area contributed by atoms with Gasteiger partial charge in [-0.1, -0.05) is 127 Å². The van der Waals surface area contributed by atoms with Crippen LogP contribution in [0.2, 0.25) is 0 Å². The van der Waals surface area contributed by atoms with Gasteiger partial charge in [-0.05, 0) is 90.5 Å². The lowest BCUT2D eigenvalue weighted by Gasteiger charge is -2.16. The molecule has 0 aliphatic rings. The third-order valence-electron chi connectivity index (χ3n) is 14.5. The molecule has 0 aliphatic heterocycles. The monoisotopic (exact) mass is 945 g/mol. The van der Waals surface area contributed by atoms with Crippen molar-refractivity contribution in [1.82, 2.24) is 24.1 Å². The molecule has 74 heavy (non-hydrogen) atoms. The molecule has 0 atom stereocenters. The van der Waals surface area contributed by atoms with Crippen LogP contribution in [0.4, 0.5) is 0 Å². The summed E-state index contributed by atoms with van der Waals surface area (Å²) in [5.41, 5.74) is 13.3. The summed E-state index contributed by atoms with van der Waals surface area (Å²) in [5.74, 6) is 1.12. The first-order valence-corrected chi connectivity index (χ1v) is 24.3. The Balaban J connectivity index is 0.986. The van der Waals surface area contributed by atoms with Crippen molar-refractivity contribution < 1.29 is 8.83 Å². The SMILES string of the molecule is N#Cc1ccc(-n2c3ccccc3c3c4oc5ccccc5c4ccc32)cc1-c1nc(-c2ccccc2)nc(-c2cc(-n3c4ccccc4c4c5oc6ccccc6c5ccc43)ccc2-c2ccccc2C#N)n1. The molecule has 10 aromatic carbocycles. The van der Waals surface area contributed by atoms with Crippen molar-refractivity contribution in [2.24, 2.45) is 0 Å². The number of benzene rings is 10. The standard InChI is InChI=1S/C65H35N7O2/c66-36-39-16-4-5-17-43(39)44-29-28-42(72-54-23-11-7-21-50(54)60-56(72)33-31-48-46-19-9-13-25-58(46)74-62(48)60)35-52(44)65-69-63(38-14-2-1-3-15-38)68-64(70-65)51-34-41(27-26-40(51)37-67)71-53-22-10-6-20-49(53)59-55(71)32-30-47-45-18-8-12-24-57(45)73-61(47)59/h1-35H. The molecule has 15 rings (SSSR count). The predicted molar refractivity (Wildman–Crippen MR) is 294 cm³/mol. The van der Waals surface area contributed by atoms with Crippen LogP contribution in [-0.4, -0.2) is 24.1 Å². The lowest BCUT2D eigenvalue weighted by Crippen LogP contribution is -2.04. The lowest BCUT2D eigenvalue weighted by molar-refractivity contribution is 0.672. The zero-order valence-corrected chi connectivity index (χ0v) is 39.2. The number of hydrogen-bond donors (Lipinski definition) is 0. The quantitative estimate of drug-likeness (QED) is 0.163. The Hall–Kier alpha value is -10.6. The van der Waals surface area contributed by atoms with Crippen molar-refractivity contribution in [1.29, 1.82) is 10.5 Å². The largest absolute Gasteiger partial charge is 0.455 e. The van der Waals surface area contributed by atoms with Crippen molar-refractivity contribution in [3.05, 3.63) is 223 Å². The van der Waals surface area contributed by atoms with Gasteiger partial charge in [-0.2, -0.15) is 10.5 Å². The minimum absolute atomic E-state index is 0.321. The number of fused-ring (bicyclic) bond motifs is 14. The van der Waals surface area contributed by atoms with Crippen LogP contribution >= 0.6 is 0 Å². The molecule has 342 valence electrons. The number of nitrogens with zero attached hydrogens (tertiary/aromatic N) is 7. The van der Waals surface area contributed by atoms with Gasteiger partial charge in [-0.3, -0.25) is 0 Å². The summed E-state index contributed by atoms with van der Waals surface area (Å²) in [6, 6.07) is 75.9. The molecular formula is C65H35N7O2. The summed E-state index contributed by atoms with van der Waals surface area (Å²) in [7, 11) is 0. The molecular weight excluding hydrogens is 911 g/mol. The minimum atomic E-state index is 0.321. The van der Waals surface area contributed by atoms with Crippen molar-refractivity contribution in [2.75, 3.05) is 0 Å². The Kier molecular flexibility index (Phi) is 8.88. The van der Waals surface area contributed by atoms with Gasteiger partial charge in [0.1, 0.15) is 22.3 Å². The first kappa shape index (κ1) is 41.2. The molecule has 0 aliphatic carbocycles. The summed E-state index contributed by atoms with van der Waals surface area (Å²) in [6.07, 6.45) is 0. The number of nitriles is 2. The average Bonchev–Trinajstić information content (AvgIpc) is 4.23. The zero-order valence-electron chi connectivity index (χ0n) is 39.2. The summed E-state index contributed by atoms with van der Waals surface area (Å²) in [4.78, 5) is 15.8. The molecule has 0 fully saturated rings. The number of rotatable bonds is 6. The summed E-state index contributed by atoms with van der Waals surface area (Å²) in [5, 5.41) is 29.8. The topological polar surface area (TPSA) is 122 Å². The van der Waals surface area contributed by atoms with E-state index in [4.69, 9.17) is 23.8 Å². The van der Waals surface area contributed by atoms with Gasteiger partial charge >= 0.3 is 0 Å². The normalized spacial score (nSPS) is 11.8. The molecule has 0 spiro atoms. The molecule has 0 N–H and O–H groups in total. The van der Waals surface area contributed by atoms with Crippen LogP contribution in [-0.2, 0) is 0 Å². The molecule has 0 radical (unpaired) electrons. The van der Waals surface area contributed by atoms with Crippen LogP contribution in [0.1, 0.15) is 11.1 Å². The minimum Gasteiger partial charge on any atom is -0.455 e. The Morgan fingerprint density at radius 2 is 0.811 bits per heavy atom. The Morgan fingerprint density at radius 1 is 0.338 bits per heavy atom. The molecule has 0 bridgehead atoms. The highest BCUT2D eigenvalue weighted by molar-refractivity contribution is 6.25. The third kappa shape index (κ3) is 6.05. The fraction of sp³-hybridized carbons (Fsp3) is 0. The van der Waals surface area contributed by atoms with E-state index in [1.54, 1.807) is 0 Å². The summed E-state index contributed by atoms with van der Waals surface area (Å²) < 4.78 is 17.7. The molecule has 9 nitrogen and oxygen atoms in total. The van der Waals surface area contributed by atoms with E-state index < -0.39 is 0 Å². The van der Waals surface area contributed by atoms with Gasteiger partial charge in [-0.25, -0.2) is 15.0 Å². The van der Waals surface area contributed by atoms with E-state index in [0.29, 0.717) is 39.7 Å². The van der Waals surface area contributed by atoms with Crippen LogP contribution in [0, 0.1) is 22.7 Å². The second kappa shape index (κ2) is 16.0. The number of para-hydroxylation sites is 4. The van der Waals surface area contributed by atoms with Gasteiger partial charge in [0.2, 0.25) is 0 Å². The van der Waals surface area contributed by atoms with Crippen molar-refractivity contribution >= 4 is 87.5 Å². The molecule has 9 heteroatoms. The van der Waals surface area contributed by atoms with Gasteiger partial charge in [0.05, 0.1) is 56.1 Å². The van der Waals surface area contributed by atoms with Crippen LogP contribution in [0.3, 0.4) is 0 Å². The van der Waals surface area contributed by atoms with Crippen LogP contribution < -0.4 is 0 Å². The Bertz CT molecular complexity index is 4950. The molecule has 15 aromatic rings. The highest BCUT2D eigenvalue weighted by Gasteiger charge is 2.25. The zero-order chi connectivity index (χ0) is 49.0. The van der Waals surface area contributed by atoms with Gasteiger partial charge in [0.25, 0.3) is 0 Å². The van der Waals surface area contributed by atoms with Crippen LogP contribution in [0.25, 0.3) is 144 Å². The molecule has 0 amide bonds. The van der Waals surface area contributed by atoms with Crippen LogP contribution in [0.5, 0.6) is 0 Å². The second-order valence-corrected chi connectivity index (χ2v) is 18.5. The number of hydrogen-bond acceptors (Lipinski definition) is 7. The van der Waals surface area contributed by atoms with Gasteiger partial charge < -0.3 is 18.0 Å². The Morgan fingerprint density at radius 3 is 1.42 bits per heavy atom. The molecule has 0 unspecified atom stereocenters. The lowest BCUT2D eigenvalue weighted by atomic mass is 9.94. The van der Waals surface area contributed by atoms with Crippen LogP contribution in [0.15, 0.2) is 221 Å². The molecule has 0 saturated carbocycles. The maximum atomic E-state index is 10.9. The van der Waals surface area contributed by atoms with Gasteiger partial charge in [0, 0.05) is 65.9 Å². The summed E-state index contributed by atoms with van der Waals surface area (Å²) >= 11 is 0. The average molecular weight is 946 g/mol. The van der Waals surface area contributed by atoms with Crippen molar-refractivity contribution in [3.8, 4) is 68.8 Å². The van der Waals surface area contributed by atoms with Gasteiger partial charge in [-0.15, -0.1) is 0 Å². The summed E-state index contributed by atoms with van der Waals surface area (Å²) in [6.45, 7) is 0. The highest BCUT2D eigenvalue weighted by atomic mass is 16.3. The maximum Gasteiger partial charge on any atom is 0.165 e. The third-order valence-corrected chi connectivity index (χ3v) is 14.5. The first-order valence-electron chi connectivity index (χ1n) is 24.3. The molecule has 5 aromatic heterocycles. The smallest absolute Gasteiger partial charge is 0.165 e. The number of aromatic nitrogens is 5. The number of furan rings is 2. The van der Waals surface area contributed by atoms with E-state index in [9.17, 15) is 10.5 Å². The van der Waals surface area contributed by atoms with E-state index in [1.807, 2.05) is 121 Å². The van der Waals surface area contributed by atoms with E-state index in [2.05, 4.69) is 112 Å². The molecule has 5 heterocycles. The second-order valence-electron chi connectivity index (χ2n) is 18.5. The van der Waals surface area contributed by atoms with E-state index >= 15 is 0 Å². The van der Waals surface area contributed by atoms with Crippen molar-refractivity contribution in [3.63, 3.8) is 0 Å². The Labute approximate surface area is 421 Å². The van der Waals surface area contributed by atoms with E-state index in [-0.39, 0.29) is 0 Å². The maximum absolute atomic E-state index is 10.9. The highest BCUT2D eigenvalue weighted by Crippen LogP contribution is 2.44. The predicted octanol–water partition coefficient (Wildman–Crippen LogP) is 16.3. The van der Waals surface area contributed by atoms with Gasteiger partial charge in [0.15, 0.2) is 17.5 Å². The first-order chi connectivity index (χ1) is 36.6. The van der Waals surface area contributed by atoms with E-state index in [0.717, 1.165) is 116 Å². The molecule has 0 saturated heterocycles. The fourth-order valence-corrected chi connectivity index (χ4v) is 11.2. The van der Waals surface area contributed by atoms with Crippen molar-refractivity contribution in [2.45, 2.75) is 0 Å². The van der Waals surface area contributed by atoms with E-state index in [1.165, 1.54) is 0 Å².